The standard InChI is InChI=1S/C13H23N/c1-5-11(2)7-6-8-12(3)9-10-13(4)14/h5,8,14H,6-7,9-10H2,1-4H3/b11-5+,12-8+,14-13?. The molecule has 0 bridgehead atoms. The van der Waals surface area contributed by atoms with Crippen molar-refractivity contribution in [2.45, 2.75) is 53.4 Å². The molecule has 0 aromatic carbocycles. The molecule has 0 saturated carbocycles. The molecule has 1 N–H and O–H groups in total. The van der Waals surface area contributed by atoms with E-state index in [0.717, 1.165) is 31.4 Å². The maximum absolute atomic E-state index is 7.33. The molecule has 0 rings (SSSR count). The molecule has 0 atom stereocenters. The van der Waals surface area contributed by atoms with Crippen LogP contribution in [0.4, 0.5) is 0 Å². The highest BCUT2D eigenvalue weighted by atomic mass is 14.4. The van der Waals surface area contributed by atoms with Crippen LogP contribution in [0, 0.1) is 5.41 Å². The number of rotatable bonds is 6. The summed E-state index contributed by atoms with van der Waals surface area (Å²) in [5.41, 5.74) is 3.65. The first-order valence-corrected chi connectivity index (χ1v) is 5.37. The van der Waals surface area contributed by atoms with Gasteiger partial charge in [-0.15, -0.1) is 0 Å². The molecule has 0 aliphatic carbocycles. The molecule has 0 spiro atoms. The molecular formula is C13H23N. The lowest BCUT2D eigenvalue weighted by Crippen LogP contribution is -1.89. The van der Waals surface area contributed by atoms with Crippen LogP contribution in [0.2, 0.25) is 0 Å². The van der Waals surface area contributed by atoms with Gasteiger partial charge in [-0.1, -0.05) is 23.3 Å². The zero-order valence-electron chi connectivity index (χ0n) is 9.98. The third-order valence-electron chi connectivity index (χ3n) is 2.42. The highest BCUT2D eigenvalue weighted by molar-refractivity contribution is 5.78. The van der Waals surface area contributed by atoms with Gasteiger partial charge in [0.15, 0.2) is 0 Å². The molecule has 0 amide bonds. The topological polar surface area (TPSA) is 23.9 Å². The molecule has 0 aliphatic rings. The lowest BCUT2D eigenvalue weighted by Gasteiger charge is -2.01. The first kappa shape index (κ1) is 13.2. The van der Waals surface area contributed by atoms with Crippen molar-refractivity contribution in [3.8, 4) is 0 Å². The summed E-state index contributed by atoms with van der Waals surface area (Å²) in [6, 6.07) is 0. The van der Waals surface area contributed by atoms with Crippen molar-refractivity contribution in [3.05, 3.63) is 23.3 Å². The minimum Gasteiger partial charge on any atom is -0.310 e. The van der Waals surface area contributed by atoms with Gasteiger partial charge in [-0.25, -0.2) is 0 Å². The van der Waals surface area contributed by atoms with Crippen molar-refractivity contribution in [1.29, 1.82) is 5.41 Å². The molecular weight excluding hydrogens is 170 g/mol. The van der Waals surface area contributed by atoms with Gasteiger partial charge in [0.1, 0.15) is 0 Å². The predicted octanol–water partition coefficient (Wildman–Crippen LogP) is 4.50. The zero-order valence-corrected chi connectivity index (χ0v) is 9.98. The summed E-state index contributed by atoms with van der Waals surface area (Å²) < 4.78 is 0. The Bertz CT molecular complexity index is 234. The van der Waals surface area contributed by atoms with Crippen LogP contribution >= 0.6 is 0 Å². The third-order valence-corrected chi connectivity index (χ3v) is 2.42. The minimum atomic E-state index is 0.780. The molecule has 0 aromatic heterocycles. The average Bonchev–Trinajstić information content (AvgIpc) is 2.14. The van der Waals surface area contributed by atoms with Gasteiger partial charge in [0.25, 0.3) is 0 Å². The third kappa shape index (κ3) is 7.78. The molecule has 1 nitrogen and oxygen atoms in total. The van der Waals surface area contributed by atoms with Crippen LogP contribution in [0.5, 0.6) is 0 Å². The van der Waals surface area contributed by atoms with Crippen molar-refractivity contribution < 1.29 is 0 Å². The fourth-order valence-corrected chi connectivity index (χ4v) is 1.18. The van der Waals surface area contributed by atoms with Crippen molar-refractivity contribution in [1.82, 2.24) is 0 Å². The number of nitrogens with one attached hydrogen (secondary N) is 1. The molecule has 80 valence electrons. The maximum atomic E-state index is 7.33. The molecule has 0 aromatic rings. The number of allylic oxidation sites excluding steroid dienone is 4. The van der Waals surface area contributed by atoms with Crippen molar-refractivity contribution >= 4 is 5.71 Å². The largest absolute Gasteiger partial charge is 0.310 e. The van der Waals surface area contributed by atoms with Gasteiger partial charge < -0.3 is 5.41 Å². The molecule has 1 heteroatoms. The van der Waals surface area contributed by atoms with E-state index in [4.69, 9.17) is 5.41 Å². The highest BCUT2D eigenvalue weighted by Crippen LogP contribution is 2.10. The van der Waals surface area contributed by atoms with E-state index in [9.17, 15) is 0 Å². The highest BCUT2D eigenvalue weighted by Gasteiger charge is 1.92. The van der Waals surface area contributed by atoms with Crippen LogP contribution in [0.3, 0.4) is 0 Å². The second-order valence-corrected chi connectivity index (χ2v) is 4.00. The smallest absolute Gasteiger partial charge is 0.00614 e. The summed E-state index contributed by atoms with van der Waals surface area (Å²) in [7, 11) is 0. The fraction of sp³-hybridized carbons (Fsp3) is 0.615. The number of hydrogen-bond acceptors (Lipinski definition) is 1. The van der Waals surface area contributed by atoms with Crippen molar-refractivity contribution in [2.24, 2.45) is 0 Å². The molecule has 0 aliphatic heterocycles. The van der Waals surface area contributed by atoms with E-state index in [1.807, 2.05) is 6.92 Å². The van der Waals surface area contributed by atoms with Gasteiger partial charge >= 0.3 is 0 Å². The van der Waals surface area contributed by atoms with E-state index < -0.39 is 0 Å². The predicted molar refractivity (Wildman–Crippen MR) is 65.1 cm³/mol. The summed E-state index contributed by atoms with van der Waals surface area (Å²) in [6.07, 6.45) is 8.73. The van der Waals surface area contributed by atoms with E-state index in [1.54, 1.807) is 0 Å². The Balaban J connectivity index is 3.71. The fourth-order valence-electron chi connectivity index (χ4n) is 1.18. The van der Waals surface area contributed by atoms with E-state index in [-0.39, 0.29) is 0 Å². The van der Waals surface area contributed by atoms with Gasteiger partial charge in [0.05, 0.1) is 0 Å². The Morgan fingerprint density at radius 1 is 1.00 bits per heavy atom. The summed E-state index contributed by atoms with van der Waals surface area (Å²) in [5.74, 6) is 0. The molecule has 0 unspecified atom stereocenters. The van der Waals surface area contributed by atoms with E-state index in [0.29, 0.717) is 0 Å². The van der Waals surface area contributed by atoms with Crippen LogP contribution in [-0.4, -0.2) is 5.71 Å². The van der Waals surface area contributed by atoms with Gasteiger partial charge in [-0.3, -0.25) is 0 Å². The van der Waals surface area contributed by atoms with E-state index in [1.165, 1.54) is 11.1 Å². The van der Waals surface area contributed by atoms with Gasteiger partial charge in [-0.2, -0.15) is 0 Å². The van der Waals surface area contributed by atoms with E-state index >= 15 is 0 Å². The monoisotopic (exact) mass is 193 g/mol. The van der Waals surface area contributed by atoms with Crippen LogP contribution in [0.1, 0.15) is 53.4 Å². The second kappa shape index (κ2) is 7.54. The van der Waals surface area contributed by atoms with Crippen LogP contribution in [-0.2, 0) is 0 Å². The van der Waals surface area contributed by atoms with Crippen LogP contribution in [0.25, 0.3) is 0 Å². The van der Waals surface area contributed by atoms with Crippen LogP contribution in [0.15, 0.2) is 23.3 Å². The first-order valence-electron chi connectivity index (χ1n) is 5.37. The quantitative estimate of drug-likeness (QED) is 0.474. The molecule has 14 heavy (non-hydrogen) atoms. The molecule has 0 heterocycles. The summed E-state index contributed by atoms with van der Waals surface area (Å²) in [6.45, 7) is 8.29. The van der Waals surface area contributed by atoms with Gasteiger partial charge in [0.2, 0.25) is 0 Å². The summed E-state index contributed by atoms with van der Waals surface area (Å²) in [4.78, 5) is 0. The maximum Gasteiger partial charge on any atom is 0.00614 e. The zero-order chi connectivity index (χ0) is 11.0. The molecule has 0 fully saturated rings. The minimum absolute atomic E-state index is 0.780. The Morgan fingerprint density at radius 2 is 1.64 bits per heavy atom. The lowest BCUT2D eigenvalue weighted by molar-refractivity contribution is 0.929. The van der Waals surface area contributed by atoms with Crippen LogP contribution < -0.4 is 0 Å². The van der Waals surface area contributed by atoms with E-state index in [2.05, 4.69) is 32.9 Å². The number of hydrogen-bond donors (Lipinski definition) is 1. The first-order chi connectivity index (χ1) is 6.56. The van der Waals surface area contributed by atoms with Crippen molar-refractivity contribution in [3.63, 3.8) is 0 Å². The average molecular weight is 193 g/mol. The van der Waals surface area contributed by atoms with Gasteiger partial charge in [0, 0.05) is 5.71 Å². The van der Waals surface area contributed by atoms with Gasteiger partial charge in [-0.05, 0) is 53.4 Å². The summed E-state index contributed by atoms with van der Waals surface area (Å²) in [5, 5.41) is 7.33. The normalized spacial score (nSPS) is 13.1. The Hall–Kier alpha value is -0.850. The second-order valence-electron chi connectivity index (χ2n) is 4.00. The summed E-state index contributed by atoms with van der Waals surface area (Å²) >= 11 is 0. The van der Waals surface area contributed by atoms with Crippen molar-refractivity contribution in [2.75, 3.05) is 0 Å². The Labute approximate surface area is 88.4 Å². The lowest BCUT2D eigenvalue weighted by atomic mass is 10.1. The molecule has 0 radical (unpaired) electrons. The Kier molecular flexibility index (Phi) is 7.09. The molecule has 0 saturated heterocycles. The Morgan fingerprint density at radius 3 is 2.14 bits per heavy atom. The SMILES string of the molecule is C/C=C(\C)CC/C=C(\C)CCC(C)=N.